The van der Waals surface area contributed by atoms with Crippen LogP contribution in [0, 0.1) is 0 Å². The van der Waals surface area contributed by atoms with Gasteiger partial charge >= 0.3 is 5.97 Å². The number of furan rings is 1. The highest BCUT2D eigenvalue weighted by Gasteiger charge is 2.16. The predicted molar refractivity (Wildman–Crippen MR) is 109 cm³/mol. The molecule has 3 aromatic rings. The maximum atomic E-state index is 12.8. The Morgan fingerprint density at radius 2 is 1.83 bits per heavy atom. The minimum absolute atomic E-state index is 0.237. The molecule has 0 aliphatic heterocycles. The summed E-state index contributed by atoms with van der Waals surface area (Å²) in [6.45, 7) is -0.511. The van der Waals surface area contributed by atoms with Crippen LogP contribution in [0.25, 0.3) is 6.08 Å². The van der Waals surface area contributed by atoms with E-state index in [0.717, 1.165) is 6.08 Å². The molecule has 146 valence electrons. The molecule has 0 fully saturated rings. The number of nitrogens with one attached hydrogen (secondary N) is 1. The SMILES string of the molecule is O=C(COC(=O)/C=C/c1ccco1)Nc1ccc(Cl)cc1C(=O)c1ccccc1. The summed E-state index contributed by atoms with van der Waals surface area (Å²) in [5, 5.41) is 2.93. The van der Waals surface area contributed by atoms with Crippen molar-refractivity contribution in [2.75, 3.05) is 11.9 Å². The fourth-order valence-electron chi connectivity index (χ4n) is 2.47. The predicted octanol–water partition coefficient (Wildman–Crippen LogP) is 4.36. The van der Waals surface area contributed by atoms with Gasteiger partial charge in [-0.3, -0.25) is 9.59 Å². The Balaban J connectivity index is 1.64. The summed E-state index contributed by atoms with van der Waals surface area (Å²) in [5.41, 5.74) is 0.969. The molecular formula is C22H16ClNO5. The van der Waals surface area contributed by atoms with Gasteiger partial charge in [0.1, 0.15) is 5.76 Å². The second-order valence-corrected chi connectivity index (χ2v) is 6.33. The molecule has 0 radical (unpaired) electrons. The highest BCUT2D eigenvalue weighted by atomic mass is 35.5. The number of ketones is 1. The van der Waals surface area contributed by atoms with Crippen molar-refractivity contribution in [3.63, 3.8) is 0 Å². The van der Waals surface area contributed by atoms with Crippen LogP contribution in [0.2, 0.25) is 5.02 Å². The van der Waals surface area contributed by atoms with E-state index in [1.807, 2.05) is 0 Å². The zero-order valence-corrected chi connectivity index (χ0v) is 15.9. The first-order valence-corrected chi connectivity index (χ1v) is 8.98. The minimum Gasteiger partial charge on any atom is -0.465 e. The number of halogens is 1. The normalized spacial score (nSPS) is 10.7. The van der Waals surface area contributed by atoms with Gasteiger partial charge in [0.25, 0.3) is 5.91 Å². The standard InChI is InChI=1S/C22H16ClNO5/c23-16-8-10-19(18(13-16)22(27)15-5-2-1-3-6-15)24-20(25)14-29-21(26)11-9-17-7-4-12-28-17/h1-13H,14H2,(H,24,25)/b11-9+. The average molecular weight is 410 g/mol. The molecule has 0 unspecified atom stereocenters. The minimum atomic E-state index is -0.701. The topological polar surface area (TPSA) is 85.6 Å². The first-order valence-electron chi connectivity index (χ1n) is 8.60. The summed E-state index contributed by atoms with van der Waals surface area (Å²) in [6, 6.07) is 16.5. The lowest BCUT2D eigenvalue weighted by molar-refractivity contribution is -0.142. The molecule has 0 bridgehead atoms. The maximum Gasteiger partial charge on any atom is 0.331 e. The fraction of sp³-hybridized carbons (Fsp3) is 0.0455. The van der Waals surface area contributed by atoms with Crippen molar-refractivity contribution >= 4 is 41.0 Å². The van der Waals surface area contributed by atoms with Crippen LogP contribution in [-0.4, -0.2) is 24.3 Å². The number of carbonyl (C=O) groups excluding carboxylic acids is 3. The van der Waals surface area contributed by atoms with E-state index >= 15 is 0 Å². The Kier molecular flexibility index (Phi) is 6.60. The number of amides is 1. The largest absolute Gasteiger partial charge is 0.465 e. The fourth-order valence-corrected chi connectivity index (χ4v) is 2.64. The molecule has 7 heteroatoms. The Morgan fingerprint density at radius 1 is 1.03 bits per heavy atom. The number of hydrogen-bond donors (Lipinski definition) is 1. The highest BCUT2D eigenvalue weighted by molar-refractivity contribution is 6.31. The second-order valence-electron chi connectivity index (χ2n) is 5.89. The molecule has 0 aliphatic rings. The monoisotopic (exact) mass is 409 g/mol. The number of ether oxygens (including phenoxy) is 1. The van der Waals surface area contributed by atoms with E-state index in [2.05, 4.69) is 5.32 Å². The average Bonchev–Trinajstić information content (AvgIpc) is 3.26. The molecule has 3 rings (SSSR count). The Morgan fingerprint density at radius 3 is 2.55 bits per heavy atom. The molecule has 2 aromatic carbocycles. The summed E-state index contributed by atoms with van der Waals surface area (Å²) >= 11 is 6.02. The van der Waals surface area contributed by atoms with Gasteiger partial charge in [0.05, 0.1) is 12.0 Å². The zero-order valence-electron chi connectivity index (χ0n) is 15.1. The van der Waals surface area contributed by atoms with Crippen molar-refractivity contribution in [1.29, 1.82) is 0 Å². The lowest BCUT2D eigenvalue weighted by Gasteiger charge is -2.11. The van der Waals surface area contributed by atoms with E-state index in [1.54, 1.807) is 48.5 Å². The van der Waals surface area contributed by atoms with Gasteiger partial charge in [-0.05, 0) is 36.4 Å². The van der Waals surface area contributed by atoms with Crippen molar-refractivity contribution in [2.24, 2.45) is 0 Å². The van der Waals surface area contributed by atoms with Crippen LogP contribution in [0.4, 0.5) is 5.69 Å². The third-order valence-corrected chi connectivity index (χ3v) is 4.04. The summed E-state index contributed by atoms with van der Waals surface area (Å²) in [7, 11) is 0. The Hall–Kier alpha value is -3.64. The van der Waals surface area contributed by atoms with Crippen molar-refractivity contribution in [3.05, 3.63) is 94.9 Å². The van der Waals surface area contributed by atoms with E-state index in [4.69, 9.17) is 20.8 Å². The number of anilines is 1. The van der Waals surface area contributed by atoms with Gasteiger partial charge in [-0.25, -0.2) is 4.79 Å². The Bertz CT molecular complexity index is 1040. The first kappa shape index (κ1) is 20.1. The van der Waals surface area contributed by atoms with E-state index in [9.17, 15) is 14.4 Å². The van der Waals surface area contributed by atoms with Crippen LogP contribution in [0.1, 0.15) is 21.7 Å². The molecular weight excluding hydrogens is 394 g/mol. The number of esters is 1. The molecule has 0 atom stereocenters. The van der Waals surface area contributed by atoms with Gasteiger partial charge in [0, 0.05) is 22.2 Å². The third-order valence-electron chi connectivity index (χ3n) is 3.81. The van der Waals surface area contributed by atoms with Gasteiger partial charge in [-0.15, -0.1) is 0 Å². The third kappa shape index (κ3) is 5.67. The van der Waals surface area contributed by atoms with Gasteiger partial charge < -0.3 is 14.5 Å². The van der Waals surface area contributed by atoms with E-state index in [0.29, 0.717) is 16.3 Å². The molecule has 0 saturated heterocycles. The van der Waals surface area contributed by atoms with Gasteiger partial charge in [-0.1, -0.05) is 41.9 Å². The summed E-state index contributed by atoms with van der Waals surface area (Å²) in [4.78, 5) is 36.6. The van der Waals surface area contributed by atoms with Crippen molar-refractivity contribution in [3.8, 4) is 0 Å². The molecule has 1 heterocycles. The smallest absolute Gasteiger partial charge is 0.331 e. The molecule has 1 aromatic heterocycles. The van der Waals surface area contributed by atoms with Crippen LogP contribution in [-0.2, 0) is 14.3 Å². The summed E-state index contributed by atoms with van der Waals surface area (Å²) in [5.74, 6) is -1.10. The van der Waals surface area contributed by atoms with Crippen molar-refractivity contribution in [2.45, 2.75) is 0 Å². The number of hydrogen-bond acceptors (Lipinski definition) is 5. The van der Waals surface area contributed by atoms with Crippen LogP contribution < -0.4 is 5.32 Å². The van der Waals surface area contributed by atoms with Gasteiger partial charge in [-0.2, -0.15) is 0 Å². The zero-order chi connectivity index (χ0) is 20.6. The number of carbonyl (C=O) groups is 3. The van der Waals surface area contributed by atoms with Crippen molar-refractivity contribution < 1.29 is 23.5 Å². The van der Waals surface area contributed by atoms with E-state index < -0.39 is 18.5 Å². The first-order chi connectivity index (χ1) is 14.0. The quantitative estimate of drug-likeness (QED) is 0.356. The van der Waals surface area contributed by atoms with Crippen LogP contribution in [0.5, 0.6) is 0 Å². The lowest BCUT2D eigenvalue weighted by Crippen LogP contribution is -2.21. The summed E-state index contributed by atoms with van der Waals surface area (Å²) < 4.78 is 9.95. The van der Waals surface area contributed by atoms with Crippen molar-refractivity contribution in [1.82, 2.24) is 0 Å². The number of benzene rings is 2. The number of rotatable bonds is 7. The second kappa shape index (κ2) is 9.52. The van der Waals surface area contributed by atoms with E-state index in [-0.39, 0.29) is 17.0 Å². The Labute approximate surface area is 171 Å². The highest BCUT2D eigenvalue weighted by Crippen LogP contribution is 2.23. The maximum absolute atomic E-state index is 12.8. The van der Waals surface area contributed by atoms with Crippen LogP contribution in [0.15, 0.2) is 77.4 Å². The lowest BCUT2D eigenvalue weighted by atomic mass is 10.0. The molecule has 0 saturated carbocycles. The molecule has 0 spiro atoms. The van der Waals surface area contributed by atoms with Crippen LogP contribution in [0.3, 0.4) is 0 Å². The summed E-state index contributed by atoms with van der Waals surface area (Å²) in [6.07, 6.45) is 4.05. The molecule has 29 heavy (non-hydrogen) atoms. The molecule has 6 nitrogen and oxygen atoms in total. The van der Waals surface area contributed by atoms with Gasteiger partial charge in [0.2, 0.25) is 0 Å². The van der Waals surface area contributed by atoms with E-state index in [1.165, 1.54) is 24.5 Å². The molecule has 0 aliphatic carbocycles. The molecule has 1 N–H and O–H groups in total. The molecule has 1 amide bonds. The van der Waals surface area contributed by atoms with Crippen LogP contribution >= 0.6 is 11.6 Å². The van der Waals surface area contributed by atoms with Gasteiger partial charge in [0.15, 0.2) is 12.4 Å².